The highest BCUT2D eigenvalue weighted by molar-refractivity contribution is 7.99. The van der Waals surface area contributed by atoms with Gasteiger partial charge in [0.15, 0.2) is 5.43 Å². The van der Waals surface area contributed by atoms with Crippen LogP contribution in [0.25, 0.3) is 10.9 Å². The Labute approximate surface area is 158 Å². The lowest BCUT2D eigenvalue weighted by molar-refractivity contribution is -0.113. The van der Waals surface area contributed by atoms with Crippen LogP contribution in [0.5, 0.6) is 0 Å². The molecule has 0 aliphatic carbocycles. The highest BCUT2D eigenvalue weighted by Gasteiger charge is 2.08. The van der Waals surface area contributed by atoms with Crippen molar-refractivity contribution in [3.63, 3.8) is 0 Å². The first-order valence-electron chi connectivity index (χ1n) is 7.88. The lowest BCUT2D eigenvalue weighted by Crippen LogP contribution is -2.15. The van der Waals surface area contributed by atoms with Crippen molar-refractivity contribution in [2.75, 3.05) is 11.1 Å². The molecule has 0 fully saturated rings. The average molecular weight is 391 g/mol. The van der Waals surface area contributed by atoms with Crippen molar-refractivity contribution in [2.24, 2.45) is 0 Å². The summed E-state index contributed by atoms with van der Waals surface area (Å²) in [5.74, 6) is 0.101. The summed E-state index contributed by atoms with van der Waals surface area (Å²) in [6, 6.07) is 10.8. The zero-order valence-electron chi connectivity index (χ0n) is 13.9. The van der Waals surface area contributed by atoms with Crippen molar-refractivity contribution in [1.29, 1.82) is 0 Å². The number of aromatic nitrogens is 1. The molecule has 0 aliphatic rings. The minimum Gasteiger partial charge on any atom is -0.357 e. The number of pyridine rings is 1. The van der Waals surface area contributed by atoms with Crippen LogP contribution in [0.15, 0.2) is 47.3 Å². The molecule has 134 valence electrons. The Balaban J connectivity index is 1.62. The molecule has 1 amide bonds. The Morgan fingerprint density at radius 3 is 2.88 bits per heavy atom. The summed E-state index contributed by atoms with van der Waals surface area (Å²) in [4.78, 5) is 27.3. The maximum atomic E-state index is 13.2. The van der Waals surface area contributed by atoms with Crippen LogP contribution in [0.1, 0.15) is 11.3 Å². The zero-order valence-corrected chi connectivity index (χ0v) is 15.5. The van der Waals surface area contributed by atoms with Crippen LogP contribution >= 0.6 is 23.4 Å². The molecular formula is C19H16ClFN2O2S. The number of fused-ring (bicyclic) bond motifs is 1. The number of amides is 1. The topological polar surface area (TPSA) is 62.0 Å². The summed E-state index contributed by atoms with van der Waals surface area (Å²) in [5, 5.41) is 3.74. The lowest BCUT2D eigenvalue weighted by Gasteiger charge is -2.09. The molecule has 1 aromatic heterocycles. The number of anilines is 1. The predicted molar refractivity (Wildman–Crippen MR) is 106 cm³/mol. The van der Waals surface area contributed by atoms with Gasteiger partial charge in [-0.1, -0.05) is 17.7 Å². The molecule has 3 aromatic rings. The number of aromatic amines is 1. The number of H-pyrrole nitrogens is 1. The Kier molecular flexibility index (Phi) is 5.64. The number of carbonyl (C=O) groups is 1. The molecule has 4 nitrogen and oxygen atoms in total. The van der Waals surface area contributed by atoms with E-state index in [9.17, 15) is 14.0 Å². The van der Waals surface area contributed by atoms with E-state index in [1.165, 1.54) is 36.0 Å². The van der Waals surface area contributed by atoms with Crippen molar-refractivity contribution in [3.8, 4) is 0 Å². The van der Waals surface area contributed by atoms with Gasteiger partial charge in [0.2, 0.25) is 5.91 Å². The summed E-state index contributed by atoms with van der Waals surface area (Å²) < 4.78 is 13.2. The molecule has 2 N–H and O–H groups in total. The molecule has 3 rings (SSSR count). The van der Waals surface area contributed by atoms with Crippen molar-refractivity contribution >= 4 is 45.9 Å². The van der Waals surface area contributed by atoms with E-state index in [4.69, 9.17) is 11.6 Å². The van der Waals surface area contributed by atoms with E-state index in [2.05, 4.69) is 10.3 Å². The number of carbonyl (C=O) groups excluding carboxylic acids is 1. The molecule has 0 aliphatic heterocycles. The van der Waals surface area contributed by atoms with E-state index in [0.717, 1.165) is 5.56 Å². The fourth-order valence-corrected chi connectivity index (χ4v) is 3.44. The maximum Gasteiger partial charge on any atom is 0.234 e. The van der Waals surface area contributed by atoms with E-state index in [0.29, 0.717) is 33.1 Å². The van der Waals surface area contributed by atoms with Gasteiger partial charge in [-0.3, -0.25) is 9.59 Å². The predicted octanol–water partition coefficient (Wildman–Crippen LogP) is 4.50. The van der Waals surface area contributed by atoms with E-state index in [-0.39, 0.29) is 17.1 Å². The number of hydrogen-bond donors (Lipinski definition) is 2. The van der Waals surface area contributed by atoms with Gasteiger partial charge in [-0.25, -0.2) is 4.39 Å². The van der Waals surface area contributed by atoms with Gasteiger partial charge in [0, 0.05) is 39.1 Å². The minimum atomic E-state index is -0.446. The smallest absolute Gasteiger partial charge is 0.234 e. The Morgan fingerprint density at radius 2 is 2.08 bits per heavy atom. The number of thioether (sulfide) groups is 1. The molecule has 1 heterocycles. The molecule has 0 saturated heterocycles. The lowest BCUT2D eigenvalue weighted by atomic mass is 10.2. The summed E-state index contributed by atoms with van der Waals surface area (Å²) in [6.07, 6.45) is 0. The van der Waals surface area contributed by atoms with Gasteiger partial charge in [-0.15, -0.1) is 11.8 Å². The zero-order chi connectivity index (χ0) is 18.7. The van der Waals surface area contributed by atoms with Gasteiger partial charge in [0.05, 0.1) is 5.75 Å². The molecule has 0 unspecified atom stereocenters. The quantitative estimate of drug-likeness (QED) is 0.674. The fourth-order valence-electron chi connectivity index (χ4n) is 2.54. The Hall–Kier alpha value is -2.31. The third-order valence-electron chi connectivity index (χ3n) is 3.88. The molecule has 0 bridgehead atoms. The molecule has 0 saturated carbocycles. The van der Waals surface area contributed by atoms with Crippen LogP contribution < -0.4 is 10.7 Å². The van der Waals surface area contributed by atoms with Crippen molar-refractivity contribution in [3.05, 3.63) is 74.8 Å². The molecule has 0 spiro atoms. The third-order valence-corrected chi connectivity index (χ3v) is 5.27. The SMILES string of the molecule is Cc1c(Cl)cccc1NC(=O)CSCc1cc(=O)c2cc(F)ccc2[nH]1. The second-order valence-corrected chi connectivity index (χ2v) is 7.19. The number of halogens is 2. The van der Waals surface area contributed by atoms with Gasteiger partial charge in [0.25, 0.3) is 0 Å². The van der Waals surface area contributed by atoms with E-state index >= 15 is 0 Å². The minimum absolute atomic E-state index is 0.148. The first-order valence-corrected chi connectivity index (χ1v) is 9.41. The summed E-state index contributed by atoms with van der Waals surface area (Å²) in [7, 11) is 0. The summed E-state index contributed by atoms with van der Waals surface area (Å²) in [5.41, 5.74) is 2.52. The fraction of sp³-hybridized carbons (Fsp3) is 0.158. The molecule has 26 heavy (non-hydrogen) atoms. The van der Waals surface area contributed by atoms with Gasteiger partial charge in [-0.2, -0.15) is 0 Å². The van der Waals surface area contributed by atoms with Crippen molar-refractivity contribution in [1.82, 2.24) is 4.98 Å². The standard InChI is InChI=1S/C19H16ClFN2O2S/c1-11-15(20)3-2-4-16(11)23-19(25)10-26-9-13-8-18(24)14-7-12(21)5-6-17(14)22-13/h2-8H,9-10H2,1H3,(H,22,24)(H,23,25). The molecule has 2 aromatic carbocycles. The second-order valence-electron chi connectivity index (χ2n) is 5.80. The third kappa shape index (κ3) is 4.26. The molecule has 7 heteroatoms. The number of nitrogens with one attached hydrogen (secondary N) is 2. The first kappa shape index (κ1) is 18.5. The van der Waals surface area contributed by atoms with Gasteiger partial charge < -0.3 is 10.3 Å². The van der Waals surface area contributed by atoms with Gasteiger partial charge in [-0.05, 0) is 42.8 Å². The van der Waals surface area contributed by atoms with Crippen LogP contribution in [0, 0.1) is 12.7 Å². The first-order chi connectivity index (χ1) is 12.4. The van der Waals surface area contributed by atoms with E-state index in [1.54, 1.807) is 18.2 Å². The Morgan fingerprint density at radius 1 is 1.27 bits per heavy atom. The van der Waals surface area contributed by atoms with Gasteiger partial charge in [0.1, 0.15) is 5.82 Å². The van der Waals surface area contributed by atoms with Crippen LogP contribution in [-0.4, -0.2) is 16.6 Å². The van der Waals surface area contributed by atoms with Crippen molar-refractivity contribution in [2.45, 2.75) is 12.7 Å². The highest BCUT2D eigenvalue weighted by Crippen LogP contribution is 2.23. The molecule has 0 atom stereocenters. The number of rotatable bonds is 5. The van der Waals surface area contributed by atoms with Crippen LogP contribution in [0.3, 0.4) is 0 Å². The Bertz CT molecular complexity index is 1040. The van der Waals surface area contributed by atoms with Crippen molar-refractivity contribution < 1.29 is 9.18 Å². The highest BCUT2D eigenvalue weighted by atomic mass is 35.5. The van der Waals surface area contributed by atoms with Crippen LogP contribution in [-0.2, 0) is 10.5 Å². The normalized spacial score (nSPS) is 10.9. The number of benzene rings is 2. The molecular weight excluding hydrogens is 375 g/mol. The second kappa shape index (κ2) is 7.93. The average Bonchev–Trinajstić information content (AvgIpc) is 2.60. The van der Waals surface area contributed by atoms with E-state index < -0.39 is 5.82 Å². The van der Waals surface area contributed by atoms with E-state index in [1.807, 2.05) is 6.92 Å². The maximum absolute atomic E-state index is 13.2. The molecule has 0 radical (unpaired) electrons. The largest absolute Gasteiger partial charge is 0.357 e. The number of hydrogen-bond acceptors (Lipinski definition) is 3. The van der Waals surface area contributed by atoms with Gasteiger partial charge >= 0.3 is 0 Å². The summed E-state index contributed by atoms with van der Waals surface area (Å²) in [6.45, 7) is 1.84. The summed E-state index contributed by atoms with van der Waals surface area (Å²) >= 11 is 7.42. The van der Waals surface area contributed by atoms with Crippen LogP contribution in [0.4, 0.5) is 10.1 Å². The van der Waals surface area contributed by atoms with Crippen LogP contribution in [0.2, 0.25) is 5.02 Å². The monoisotopic (exact) mass is 390 g/mol.